The summed E-state index contributed by atoms with van der Waals surface area (Å²) in [4.78, 5) is 22.2. The average molecular weight is 157 g/mol. The number of likely N-dealkylation sites (N-methyl/N-ethyl adjacent to an activating group) is 1. The third-order valence-corrected chi connectivity index (χ3v) is 1.39. The lowest BCUT2D eigenvalue weighted by Crippen LogP contribution is -2.39. The van der Waals surface area contributed by atoms with Gasteiger partial charge in [0.05, 0.1) is 0 Å². The Morgan fingerprint density at radius 1 is 1.64 bits per heavy atom. The first-order valence-corrected chi connectivity index (χ1v) is 3.09. The molecule has 1 amide bonds. The molecule has 0 aromatic rings. The highest BCUT2D eigenvalue weighted by Crippen LogP contribution is 1.97. The zero-order valence-corrected chi connectivity index (χ0v) is 6.57. The number of nitrogens with zero attached hydrogens (tertiary/aromatic N) is 1. The van der Waals surface area contributed by atoms with Crippen LogP contribution in [0.4, 0.5) is 0 Å². The molecular weight excluding hydrogens is 146 g/mol. The highest BCUT2D eigenvalue weighted by Gasteiger charge is 2.20. The molecule has 0 unspecified atom stereocenters. The van der Waals surface area contributed by atoms with E-state index >= 15 is 0 Å². The minimum Gasteiger partial charge on any atom is -0.479 e. The molecule has 4 heteroatoms. The Morgan fingerprint density at radius 3 is 2.18 bits per heavy atom. The summed E-state index contributed by atoms with van der Waals surface area (Å²) in [5, 5.41) is 8.53. The first-order valence-electron chi connectivity index (χ1n) is 3.09. The Balaban J connectivity index is 4.37. The van der Waals surface area contributed by atoms with Crippen LogP contribution in [0.3, 0.4) is 0 Å². The van der Waals surface area contributed by atoms with Crippen molar-refractivity contribution in [3.8, 4) is 0 Å². The molecule has 0 fully saturated rings. The van der Waals surface area contributed by atoms with E-state index < -0.39 is 12.0 Å². The zero-order valence-electron chi connectivity index (χ0n) is 6.57. The van der Waals surface area contributed by atoms with Crippen LogP contribution in [0.1, 0.15) is 6.92 Å². The van der Waals surface area contributed by atoms with Crippen LogP contribution in [0.5, 0.6) is 0 Å². The molecule has 62 valence electrons. The van der Waals surface area contributed by atoms with Gasteiger partial charge in [0.1, 0.15) is 6.04 Å². The standard InChI is InChI=1S/C7H11NO3/c1-4-6(7(10)11)8(3)5(2)9/h4,6H,1H2,2-3H3,(H,10,11)/t6-/m1/s1. The molecule has 1 atom stereocenters. The van der Waals surface area contributed by atoms with Crippen molar-refractivity contribution in [2.75, 3.05) is 7.05 Å². The summed E-state index contributed by atoms with van der Waals surface area (Å²) in [6, 6.07) is -0.924. The fraction of sp³-hybridized carbons (Fsp3) is 0.429. The summed E-state index contributed by atoms with van der Waals surface area (Å²) in [7, 11) is 1.42. The Kier molecular flexibility index (Phi) is 3.30. The molecular formula is C7H11NO3. The second kappa shape index (κ2) is 3.75. The van der Waals surface area contributed by atoms with Crippen LogP contribution in [-0.2, 0) is 9.59 Å². The van der Waals surface area contributed by atoms with Crippen LogP contribution in [0.15, 0.2) is 12.7 Å². The van der Waals surface area contributed by atoms with Gasteiger partial charge in [-0.15, -0.1) is 6.58 Å². The lowest BCUT2D eigenvalue weighted by atomic mass is 10.2. The second-order valence-electron chi connectivity index (χ2n) is 2.15. The lowest BCUT2D eigenvalue weighted by Gasteiger charge is -2.19. The highest BCUT2D eigenvalue weighted by molar-refractivity contribution is 5.83. The maximum Gasteiger partial charge on any atom is 0.330 e. The Bertz CT molecular complexity index is 188. The molecule has 0 rings (SSSR count). The van der Waals surface area contributed by atoms with E-state index in [1.54, 1.807) is 0 Å². The molecule has 0 aliphatic heterocycles. The van der Waals surface area contributed by atoms with E-state index in [9.17, 15) is 9.59 Å². The molecule has 0 aliphatic rings. The number of aliphatic carboxylic acids is 1. The summed E-state index contributed by atoms with van der Waals surface area (Å²) in [6.07, 6.45) is 1.21. The normalized spacial score (nSPS) is 11.8. The first-order chi connectivity index (χ1) is 5.00. The van der Waals surface area contributed by atoms with Gasteiger partial charge in [-0.2, -0.15) is 0 Å². The van der Waals surface area contributed by atoms with Gasteiger partial charge in [0.25, 0.3) is 0 Å². The summed E-state index contributed by atoms with van der Waals surface area (Å²) < 4.78 is 0. The predicted octanol–water partition coefficient (Wildman–Crippen LogP) is 0.104. The molecule has 0 saturated heterocycles. The van der Waals surface area contributed by atoms with Gasteiger partial charge in [0.2, 0.25) is 5.91 Å². The Morgan fingerprint density at radius 2 is 2.09 bits per heavy atom. The molecule has 0 aromatic carbocycles. The summed E-state index contributed by atoms with van der Waals surface area (Å²) in [6.45, 7) is 4.62. The van der Waals surface area contributed by atoms with Crippen molar-refractivity contribution >= 4 is 11.9 Å². The van der Waals surface area contributed by atoms with Crippen LogP contribution in [0.25, 0.3) is 0 Å². The Labute approximate surface area is 65.1 Å². The Hall–Kier alpha value is -1.32. The fourth-order valence-electron chi connectivity index (χ4n) is 0.620. The largest absolute Gasteiger partial charge is 0.479 e. The number of carboxylic acid groups (broad SMARTS) is 1. The van der Waals surface area contributed by atoms with Crippen LogP contribution in [-0.4, -0.2) is 35.0 Å². The highest BCUT2D eigenvalue weighted by atomic mass is 16.4. The number of rotatable bonds is 3. The molecule has 0 radical (unpaired) electrons. The number of carbonyl (C=O) groups is 2. The third kappa shape index (κ3) is 2.41. The third-order valence-electron chi connectivity index (χ3n) is 1.39. The fourth-order valence-corrected chi connectivity index (χ4v) is 0.620. The molecule has 4 nitrogen and oxygen atoms in total. The van der Waals surface area contributed by atoms with Crippen LogP contribution >= 0.6 is 0 Å². The minimum absolute atomic E-state index is 0.294. The molecule has 0 spiro atoms. The maximum absolute atomic E-state index is 10.7. The van der Waals surface area contributed by atoms with Crippen LogP contribution in [0, 0.1) is 0 Å². The van der Waals surface area contributed by atoms with Crippen molar-refractivity contribution in [3.05, 3.63) is 12.7 Å². The summed E-state index contributed by atoms with van der Waals surface area (Å²) >= 11 is 0. The average Bonchev–Trinajstić information content (AvgIpc) is 1.88. The molecule has 0 heterocycles. The van der Waals surface area contributed by atoms with Crippen molar-refractivity contribution < 1.29 is 14.7 Å². The number of carboxylic acids is 1. The van der Waals surface area contributed by atoms with E-state index in [2.05, 4.69) is 6.58 Å². The number of amides is 1. The van der Waals surface area contributed by atoms with Gasteiger partial charge in [-0.05, 0) is 0 Å². The van der Waals surface area contributed by atoms with Crippen molar-refractivity contribution in [1.29, 1.82) is 0 Å². The molecule has 0 aliphatic carbocycles. The van der Waals surface area contributed by atoms with Gasteiger partial charge in [0, 0.05) is 14.0 Å². The van der Waals surface area contributed by atoms with Crippen molar-refractivity contribution in [2.45, 2.75) is 13.0 Å². The SMILES string of the molecule is C=C[C@H](C(=O)O)N(C)C(C)=O. The molecule has 0 aromatic heterocycles. The maximum atomic E-state index is 10.7. The first kappa shape index (κ1) is 9.68. The van der Waals surface area contributed by atoms with Crippen molar-refractivity contribution in [1.82, 2.24) is 4.90 Å². The summed E-state index contributed by atoms with van der Waals surface area (Å²) in [5.41, 5.74) is 0. The van der Waals surface area contributed by atoms with Gasteiger partial charge in [-0.1, -0.05) is 6.08 Å². The van der Waals surface area contributed by atoms with Gasteiger partial charge >= 0.3 is 5.97 Å². The van der Waals surface area contributed by atoms with Gasteiger partial charge in [0.15, 0.2) is 0 Å². The topological polar surface area (TPSA) is 57.6 Å². The van der Waals surface area contributed by atoms with E-state index in [-0.39, 0.29) is 5.91 Å². The van der Waals surface area contributed by atoms with Gasteiger partial charge in [-0.3, -0.25) is 4.79 Å². The molecule has 0 bridgehead atoms. The van der Waals surface area contributed by atoms with Gasteiger partial charge in [-0.25, -0.2) is 4.79 Å². The number of hydrogen-bond donors (Lipinski definition) is 1. The number of carbonyl (C=O) groups excluding carboxylic acids is 1. The van der Waals surface area contributed by atoms with Crippen LogP contribution in [0.2, 0.25) is 0 Å². The summed E-state index contributed by atoms with van der Waals surface area (Å²) in [5.74, 6) is -1.37. The van der Waals surface area contributed by atoms with E-state index in [1.807, 2.05) is 0 Å². The van der Waals surface area contributed by atoms with E-state index in [1.165, 1.54) is 20.0 Å². The second-order valence-corrected chi connectivity index (χ2v) is 2.15. The number of hydrogen-bond acceptors (Lipinski definition) is 2. The van der Waals surface area contributed by atoms with Crippen molar-refractivity contribution in [3.63, 3.8) is 0 Å². The molecule has 11 heavy (non-hydrogen) atoms. The van der Waals surface area contributed by atoms with Gasteiger partial charge < -0.3 is 10.0 Å². The van der Waals surface area contributed by atoms with Crippen molar-refractivity contribution in [2.24, 2.45) is 0 Å². The molecule has 1 N–H and O–H groups in total. The zero-order chi connectivity index (χ0) is 9.02. The monoisotopic (exact) mass is 157 g/mol. The van der Waals surface area contributed by atoms with E-state index in [0.29, 0.717) is 0 Å². The quantitative estimate of drug-likeness (QED) is 0.591. The molecule has 0 saturated carbocycles. The van der Waals surface area contributed by atoms with Crippen LogP contribution < -0.4 is 0 Å². The van der Waals surface area contributed by atoms with E-state index in [4.69, 9.17) is 5.11 Å². The lowest BCUT2D eigenvalue weighted by molar-refractivity contribution is -0.146. The smallest absolute Gasteiger partial charge is 0.330 e. The predicted molar refractivity (Wildman–Crippen MR) is 40.1 cm³/mol. The minimum atomic E-state index is -1.07. The van der Waals surface area contributed by atoms with E-state index in [0.717, 1.165) is 4.90 Å².